The molecule has 10 heavy (non-hydrogen) atoms. The molecule has 1 saturated carbocycles. The Balaban J connectivity index is 2.02. The highest BCUT2D eigenvalue weighted by Gasteiger charge is 2.11. The maximum atomic E-state index is 11.7. The van der Waals surface area contributed by atoms with Crippen LogP contribution in [0.4, 0.5) is 4.39 Å². The van der Waals surface area contributed by atoms with Gasteiger partial charge in [0.25, 0.3) is 0 Å². The van der Waals surface area contributed by atoms with Crippen LogP contribution >= 0.6 is 0 Å². The minimum atomic E-state index is -0.115. The molecule has 0 radical (unpaired) electrons. The van der Waals surface area contributed by atoms with Crippen LogP contribution in [0.3, 0.4) is 0 Å². The van der Waals surface area contributed by atoms with Gasteiger partial charge in [0.1, 0.15) is 0 Å². The second-order valence-electron chi connectivity index (χ2n) is 3.34. The Morgan fingerprint density at radius 1 is 1.10 bits per heavy atom. The molecule has 0 saturated heterocycles. The Morgan fingerprint density at radius 3 is 2.40 bits per heavy atom. The topological polar surface area (TPSA) is 0 Å². The lowest BCUT2D eigenvalue weighted by Crippen LogP contribution is -2.05. The molecule has 0 amide bonds. The van der Waals surface area contributed by atoms with Gasteiger partial charge in [-0.2, -0.15) is 0 Å². The van der Waals surface area contributed by atoms with E-state index < -0.39 is 0 Å². The normalized spacial score (nSPS) is 21.3. The zero-order chi connectivity index (χ0) is 7.23. The van der Waals surface area contributed by atoms with Gasteiger partial charge in [-0.15, -0.1) is 0 Å². The zero-order valence-corrected chi connectivity index (χ0v) is 6.61. The van der Waals surface area contributed by atoms with Crippen LogP contribution < -0.4 is 0 Å². The van der Waals surface area contributed by atoms with Gasteiger partial charge >= 0.3 is 0 Å². The molecule has 0 aliphatic heterocycles. The summed E-state index contributed by atoms with van der Waals surface area (Å²) in [4.78, 5) is 0. The molecule has 0 bridgehead atoms. The molecule has 0 aromatic heterocycles. The molecule has 1 aliphatic rings. The van der Waals surface area contributed by atoms with E-state index in [1.807, 2.05) is 0 Å². The first-order valence-electron chi connectivity index (χ1n) is 4.49. The zero-order valence-electron chi connectivity index (χ0n) is 6.61. The van der Waals surface area contributed by atoms with Gasteiger partial charge in [0.05, 0.1) is 6.67 Å². The van der Waals surface area contributed by atoms with E-state index in [2.05, 4.69) is 0 Å². The summed E-state index contributed by atoms with van der Waals surface area (Å²) in [5.74, 6) is 0.865. The Morgan fingerprint density at radius 2 is 1.80 bits per heavy atom. The van der Waals surface area contributed by atoms with E-state index in [0.29, 0.717) is 0 Å². The van der Waals surface area contributed by atoms with Gasteiger partial charge in [-0.05, 0) is 18.8 Å². The van der Waals surface area contributed by atoms with Crippen LogP contribution in [0.1, 0.15) is 44.9 Å². The first-order chi connectivity index (χ1) is 4.93. The van der Waals surface area contributed by atoms with Crippen LogP contribution in [0, 0.1) is 5.92 Å². The third-order valence-corrected chi connectivity index (χ3v) is 2.47. The second-order valence-corrected chi connectivity index (χ2v) is 3.34. The summed E-state index contributed by atoms with van der Waals surface area (Å²) in [6, 6.07) is 0. The standard InChI is InChI=1S/C9H17F/c10-8-4-7-9-5-2-1-3-6-9/h9H,1-8H2. The van der Waals surface area contributed by atoms with Crippen molar-refractivity contribution in [1.29, 1.82) is 0 Å². The minimum absolute atomic E-state index is 0.115. The molecule has 1 heteroatoms. The fourth-order valence-corrected chi connectivity index (χ4v) is 1.84. The Hall–Kier alpha value is -0.0700. The summed E-state index contributed by atoms with van der Waals surface area (Å²) < 4.78 is 11.7. The van der Waals surface area contributed by atoms with Crippen LogP contribution in [-0.4, -0.2) is 6.67 Å². The number of hydrogen-bond donors (Lipinski definition) is 0. The Kier molecular flexibility index (Phi) is 3.77. The van der Waals surface area contributed by atoms with E-state index in [-0.39, 0.29) is 6.67 Å². The second kappa shape index (κ2) is 4.70. The number of hydrogen-bond acceptors (Lipinski definition) is 0. The van der Waals surface area contributed by atoms with E-state index >= 15 is 0 Å². The van der Waals surface area contributed by atoms with Gasteiger partial charge in [0, 0.05) is 0 Å². The van der Waals surface area contributed by atoms with Crippen LogP contribution in [0.5, 0.6) is 0 Å². The predicted molar refractivity (Wildman–Crippen MR) is 41.8 cm³/mol. The third kappa shape index (κ3) is 2.68. The average molecular weight is 144 g/mol. The highest BCUT2D eigenvalue weighted by molar-refractivity contribution is 4.65. The summed E-state index contributed by atoms with van der Waals surface area (Å²) in [6.07, 6.45) is 8.83. The van der Waals surface area contributed by atoms with Gasteiger partial charge in [0.15, 0.2) is 0 Å². The molecule has 0 atom stereocenters. The Bertz CT molecular complexity index is 74.8. The van der Waals surface area contributed by atoms with Crippen molar-refractivity contribution < 1.29 is 4.39 Å². The van der Waals surface area contributed by atoms with E-state index in [1.165, 1.54) is 32.1 Å². The lowest BCUT2D eigenvalue weighted by molar-refractivity contribution is 0.316. The predicted octanol–water partition coefficient (Wildman–Crippen LogP) is 3.32. The van der Waals surface area contributed by atoms with E-state index in [9.17, 15) is 4.39 Å². The van der Waals surface area contributed by atoms with Gasteiger partial charge in [-0.1, -0.05) is 32.1 Å². The fourth-order valence-electron chi connectivity index (χ4n) is 1.84. The highest BCUT2D eigenvalue weighted by atomic mass is 19.1. The Labute approximate surface area is 62.8 Å². The van der Waals surface area contributed by atoms with Crippen molar-refractivity contribution in [3.05, 3.63) is 0 Å². The molecule has 1 aliphatic carbocycles. The average Bonchev–Trinajstić information content (AvgIpc) is 2.03. The lowest BCUT2D eigenvalue weighted by Gasteiger charge is -2.20. The molecule has 0 heterocycles. The third-order valence-electron chi connectivity index (χ3n) is 2.47. The molecule has 1 rings (SSSR count). The number of halogens is 1. The molecular weight excluding hydrogens is 127 g/mol. The molecule has 0 unspecified atom stereocenters. The summed E-state index contributed by atoms with van der Waals surface area (Å²) in [5, 5.41) is 0. The molecule has 0 spiro atoms. The maximum Gasteiger partial charge on any atom is 0.0894 e. The van der Waals surface area contributed by atoms with Crippen molar-refractivity contribution in [3.63, 3.8) is 0 Å². The van der Waals surface area contributed by atoms with Crippen molar-refractivity contribution in [1.82, 2.24) is 0 Å². The van der Waals surface area contributed by atoms with E-state index in [4.69, 9.17) is 0 Å². The first-order valence-corrected chi connectivity index (χ1v) is 4.49. The quantitative estimate of drug-likeness (QED) is 0.570. The fraction of sp³-hybridized carbons (Fsp3) is 1.00. The maximum absolute atomic E-state index is 11.7. The molecule has 0 aromatic carbocycles. The SMILES string of the molecule is FCCCC1CCCCC1. The smallest absolute Gasteiger partial charge is 0.0894 e. The van der Waals surface area contributed by atoms with Crippen LogP contribution in [0.25, 0.3) is 0 Å². The van der Waals surface area contributed by atoms with Gasteiger partial charge < -0.3 is 0 Å². The number of alkyl halides is 1. The monoisotopic (exact) mass is 144 g/mol. The molecule has 0 N–H and O–H groups in total. The molecular formula is C9H17F. The molecule has 60 valence electrons. The van der Waals surface area contributed by atoms with Crippen molar-refractivity contribution in [2.24, 2.45) is 5.92 Å². The van der Waals surface area contributed by atoms with E-state index in [0.717, 1.165) is 18.8 Å². The lowest BCUT2D eigenvalue weighted by atomic mass is 9.86. The van der Waals surface area contributed by atoms with Crippen molar-refractivity contribution in [2.75, 3.05) is 6.67 Å². The van der Waals surface area contributed by atoms with Crippen molar-refractivity contribution in [3.8, 4) is 0 Å². The van der Waals surface area contributed by atoms with Crippen LogP contribution in [0.2, 0.25) is 0 Å². The summed E-state index contributed by atoms with van der Waals surface area (Å²) in [7, 11) is 0. The molecule has 0 aromatic rings. The van der Waals surface area contributed by atoms with E-state index in [1.54, 1.807) is 0 Å². The van der Waals surface area contributed by atoms with Gasteiger partial charge in [0.2, 0.25) is 0 Å². The highest BCUT2D eigenvalue weighted by Crippen LogP contribution is 2.26. The summed E-state index contributed by atoms with van der Waals surface area (Å²) >= 11 is 0. The van der Waals surface area contributed by atoms with Gasteiger partial charge in [-0.25, -0.2) is 0 Å². The van der Waals surface area contributed by atoms with Crippen LogP contribution in [-0.2, 0) is 0 Å². The minimum Gasteiger partial charge on any atom is -0.251 e. The number of rotatable bonds is 3. The van der Waals surface area contributed by atoms with Crippen LogP contribution in [0.15, 0.2) is 0 Å². The van der Waals surface area contributed by atoms with Crippen molar-refractivity contribution >= 4 is 0 Å². The molecule has 1 fully saturated rings. The van der Waals surface area contributed by atoms with Gasteiger partial charge in [-0.3, -0.25) is 4.39 Å². The summed E-state index contributed by atoms with van der Waals surface area (Å²) in [5.41, 5.74) is 0. The first kappa shape index (κ1) is 8.03. The molecule has 0 nitrogen and oxygen atoms in total. The van der Waals surface area contributed by atoms with Crippen molar-refractivity contribution in [2.45, 2.75) is 44.9 Å². The largest absolute Gasteiger partial charge is 0.251 e. The summed E-state index contributed by atoms with van der Waals surface area (Å²) in [6.45, 7) is -0.115.